The second-order valence-corrected chi connectivity index (χ2v) is 7.71. The maximum absolute atomic E-state index is 12.1. The third kappa shape index (κ3) is 2.23. The lowest BCUT2D eigenvalue weighted by molar-refractivity contribution is -0.152. The number of fused-ring (bicyclic) bond motifs is 2. The Morgan fingerprint density at radius 1 is 1.37 bits per heavy atom. The van der Waals surface area contributed by atoms with Crippen LogP contribution in [0.1, 0.15) is 60.3 Å². The molecule has 0 aromatic heterocycles. The van der Waals surface area contributed by atoms with Crippen LogP contribution in [0.15, 0.2) is 12.2 Å². The van der Waals surface area contributed by atoms with E-state index in [9.17, 15) is 4.79 Å². The molecule has 2 fully saturated rings. The second-order valence-electron chi connectivity index (χ2n) is 7.71. The van der Waals surface area contributed by atoms with Crippen LogP contribution in [0.4, 0.5) is 0 Å². The molecule has 108 valence electrons. The summed E-state index contributed by atoms with van der Waals surface area (Å²) in [6.07, 6.45) is 4.31. The van der Waals surface area contributed by atoms with E-state index in [1.807, 2.05) is 0 Å². The van der Waals surface area contributed by atoms with Gasteiger partial charge in [-0.25, -0.2) is 4.79 Å². The number of hydrogen-bond donors (Lipinski definition) is 0. The average molecular weight is 264 g/mol. The molecule has 0 amide bonds. The first-order chi connectivity index (χ1) is 8.68. The summed E-state index contributed by atoms with van der Waals surface area (Å²) in [5, 5.41) is 0. The fraction of sp³-hybridized carbons (Fsp3) is 0.824. The van der Waals surface area contributed by atoms with Gasteiger partial charge < -0.3 is 4.74 Å². The van der Waals surface area contributed by atoms with E-state index in [4.69, 9.17) is 4.74 Å². The quantitative estimate of drug-likeness (QED) is 0.557. The van der Waals surface area contributed by atoms with E-state index >= 15 is 0 Å². The molecule has 0 aliphatic heterocycles. The van der Waals surface area contributed by atoms with Gasteiger partial charge in [-0.15, -0.1) is 0 Å². The van der Waals surface area contributed by atoms with Gasteiger partial charge in [-0.1, -0.05) is 41.2 Å². The molecule has 1 unspecified atom stereocenters. The standard InChI is InChI=1S/C17H28O2/c1-11(2)9-12(3)15(18)19-14-10-13-7-8-17(14,6)16(13,4)5/h11,13-14H,3,7-10H2,1-2,4-6H3/t13-,14?,17-/m1/s1. The Morgan fingerprint density at radius 3 is 2.42 bits per heavy atom. The van der Waals surface area contributed by atoms with Gasteiger partial charge in [-0.2, -0.15) is 0 Å². The van der Waals surface area contributed by atoms with Gasteiger partial charge in [-0.3, -0.25) is 0 Å². The SMILES string of the molecule is C=C(CC(C)C)C(=O)OC1C[C@H]2CC[C@@]1(C)C2(C)C. The van der Waals surface area contributed by atoms with Crippen LogP contribution in [0.2, 0.25) is 0 Å². The van der Waals surface area contributed by atoms with E-state index in [0.29, 0.717) is 17.4 Å². The van der Waals surface area contributed by atoms with Crippen molar-refractivity contribution in [2.75, 3.05) is 0 Å². The molecular formula is C17H28O2. The molecule has 2 aliphatic rings. The molecule has 0 N–H and O–H groups in total. The molecule has 0 aromatic rings. The Bertz CT molecular complexity index is 394. The predicted molar refractivity (Wildman–Crippen MR) is 77.7 cm³/mol. The van der Waals surface area contributed by atoms with Gasteiger partial charge in [0, 0.05) is 11.0 Å². The molecule has 0 aromatic carbocycles. The van der Waals surface area contributed by atoms with Gasteiger partial charge in [0.05, 0.1) is 0 Å². The van der Waals surface area contributed by atoms with Crippen molar-refractivity contribution in [3.05, 3.63) is 12.2 Å². The van der Waals surface area contributed by atoms with Crippen LogP contribution >= 0.6 is 0 Å². The Labute approximate surface area is 117 Å². The zero-order valence-electron chi connectivity index (χ0n) is 13.1. The largest absolute Gasteiger partial charge is 0.458 e. The average Bonchev–Trinajstić information content (AvgIpc) is 2.61. The van der Waals surface area contributed by atoms with Crippen molar-refractivity contribution in [2.24, 2.45) is 22.7 Å². The third-order valence-corrected chi connectivity index (χ3v) is 5.91. The highest BCUT2D eigenvalue weighted by Crippen LogP contribution is 2.66. The van der Waals surface area contributed by atoms with Gasteiger partial charge in [0.15, 0.2) is 0 Å². The molecule has 2 nitrogen and oxygen atoms in total. The number of rotatable bonds is 4. The lowest BCUT2D eigenvalue weighted by Gasteiger charge is -2.38. The topological polar surface area (TPSA) is 26.3 Å². The Balaban J connectivity index is 2.02. The van der Waals surface area contributed by atoms with Crippen LogP contribution in [-0.4, -0.2) is 12.1 Å². The Morgan fingerprint density at radius 2 is 2.00 bits per heavy atom. The van der Waals surface area contributed by atoms with Gasteiger partial charge in [-0.05, 0) is 42.9 Å². The Hall–Kier alpha value is -0.790. The van der Waals surface area contributed by atoms with Gasteiger partial charge in [0.2, 0.25) is 0 Å². The molecule has 3 atom stereocenters. The number of hydrogen-bond acceptors (Lipinski definition) is 2. The van der Waals surface area contributed by atoms with Crippen LogP contribution in [-0.2, 0) is 9.53 Å². The third-order valence-electron chi connectivity index (χ3n) is 5.91. The van der Waals surface area contributed by atoms with Crippen LogP contribution in [0.25, 0.3) is 0 Å². The molecule has 0 radical (unpaired) electrons. The Kier molecular flexibility index (Phi) is 3.57. The number of carbonyl (C=O) groups is 1. The van der Waals surface area contributed by atoms with Crippen molar-refractivity contribution in [3.8, 4) is 0 Å². The summed E-state index contributed by atoms with van der Waals surface area (Å²) in [5.41, 5.74) is 1.06. The van der Waals surface area contributed by atoms with E-state index in [2.05, 4.69) is 41.2 Å². The smallest absolute Gasteiger partial charge is 0.333 e. The zero-order chi connectivity index (χ0) is 14.4. The van der Waals surface area contributed by atoms with Gasteiger partial charge >= 0.3 is 5.97 Å². The van der Waals surface area contributed by atoms with Crippen molar-refractivity contribution in [3.63, 3.8) is 0 Å². The molecule has 2 bridgehead atoms. The lowest BCUT2D eigenvalue weighted by atomic mass is 9.70. The van der Waals surface area contributed by atoms with Crippen molar-refractivity contribution >= 4 is 5.97 Å². The van der Waals surface area contributed by atoms with E-state index in [-0.39, 0.29) is 22.9 Å². The molecule has 0 spiro atoms. The van der Waals surface area contributed by atoms with Crippen LogP contribution in [0, 0.1) is 22.7 Å². The van der Waals surface area contributed by atoms with Crippen LogP contribution in [0.5, 0.6) is 0 Å². The first-order valence-electron chi connectivity index (χ1n) is 7.57. The fourth-order valence-corrected chi connectivity index (χ4v) is 4.10. The second kappa shape index (κ2) is 4.64. The molecule has 2 saturated carbocycles. The number of esters is 1. The minimum absolute atomic E-state index is 0.0812. The molecule has 2 aliphatic carbocycles. The molecular weight excluding hydrogens is 236 g/mol. The monoisotopic (exact) mass is 264 g/mol. The lowest BCUT2D eigenvalue weighted by Crippen LogP contribution is -2.38. The van der Waals surface area contributed by atoms with E-state index in [1.54, 1.807) is 0 Å². The minimum Gasteiger partial charge on any atom is -0.458 e. The summed E-state index contributed by atoms with van der Waals surface area (Å²) in [5.74, 6) is 0.976. The summed E-state index contributed by atoms with van der Waals surface area (Å²) in [4.78, 5) is 12.1. The predicted octanol–water partition coefficient (Wildman–Crippen LogP) is 4.35. The maximum atomic E-state index is 12.1. The summed E-state index contributed by atoms with van der Waals surface area (Å²) < 4.78 is 5.81. The van der Waals surface area contributed by atoms with Crippen molar-refractivity contribution < 1.29 is 9.53 Å². The molecule has 0 heterocycles. The minimum atomic E-state index is -0.178. The maximum Gasteiger partial charge on any atom is 0.333 e. The zero-order valence-corrected chi connectivity index (χ0v) is 13.1. The van der Waals surface area contributed by atoms with Crippen LogP contribution in [0.3, 0.4) is 0 Å². The van der Waals surface area contributed by atoms with E-state index < -0.39 is 0 Å². The molecule has 0 saturated heterocycles. The molecule has 19 heavy (non-hydrogen) atoms. The fourth-order valence-electron chi connectivity index (χ4n) is 4.10. The summed E-state index contributed by atoms with van der Waals surface area (Å²) in [7, 11) is 0. The summed E-state index contributed by atoms with van der Waals surface area (Å²) >= 11 is 0. The number of ether oxygens (including phenoxy) is 1. The van der Waals surface area contributed by atoms with Crippen molar-refractivity contribution in [2.45, 2.75) is 66.4 Å². The van der Waals surface area contributed by atoms with Crippen molar-refractivity contribution in [1.82, 2.24) is 0 Å². The van der Waals surface area contributed by atoms with Gasteiger partial charge in [0.1, 0.15) is 6.10 Å². The summed E-state index contributed by atoms with van der Waals surface area (Å²) in [6, 6.07) is 0. The highest BCUT2D eigenvalue weighted by Gasteiger charge is 2.62. The van der Waals surface area contributed by atoms with E-state index in [1.165, 1.54) is 12.8 Å². The molecule has 2 rings (SSSR count). The normalized spacial score (nSPS) is 35.7. The van der Waals surface area contributed by atoms with Gasteiger partial charge in [0.25, 0.3) is 0 Å². The van der Waals surface area contributed by atoms with E-state index in [0.717, 1.165) is 12.8 Å². The molecule has 2 heteroatoms. The van der Waals surface area contributed by atoms with Crippen LogP contribution < -0.4 is 0 Å². The number of carbonyl (C=O) groups excluding carboxylic acids is 1. The summed E-state index contributed by atoms with van der Waals surface area (Å²) in [6.45, 7) is 15.0. The first kappa shape index (κ1) is 14.6. The first-order valence-corrected chi connectivity index (χ1v) is 7.57. The highest BCUT2D eigenvalue weighted by molar-refractivity contribution is 5.87. The highest BCUT2D eigenvalue weighted by atomic mass is 16.5. The van der Waals surface area contributed by atoms with Crippen molar-refractivity contribution in [1.29, 1.82) is 0 Å².